The Balaban J connectivity index is 1.55. The summed E-state index contributed by atoms with van der Waals surface area (Å²) >= 11 is 0. The number of aromatic nitrogens is 1. The number of rotatable bonds is 6. The van der Waals surface area contributed by atoms with E-state index in [1.54, 1.807) is 60.9 Å². The van der Waals surface area contributed by atoms with Crippen LogP contribution >= 0.6 is 0 Å². The van der Waals surface area contributed by atoms with E-state index >= 15 is 0 Å². The van der Waals surface area contributed by atoms with Gasteiger partial charge >= 0.3 is 0 Å². The van der Waals surface area contributed by atoms with E-state index < -0.39 is 0 Å². The van der Waals surface area contributed by atoms with E-state index in [0.29, 0.717) is 16.9 Å². The predicted octanol–water partition coefficient (Wildman–Crippen LogP) is 2.83. The van der Waals surface area contributed by atoms with Crippen molar-refractivity contribution in [3.8, 4) is 0 Å². The molecule has 26 heavy (non-hydrogen) atoms. The van der Waals surface area contributed by atoms with Crippen molar-refractivity contribution < 1.29 is 14.0 Å². The molecule has 0 unspecified atom stereocenters. The van der Waals surface area contributed by atoms with Crippen LogP contribution < -0.4 is 16.2 Å². The summed E-state index contributed by atoms with van der Waals surface area (Å²) < 4.78 is 5.04. The maximum Gasteiger partial charge on any atom is 0.291 e. The average molecular weight is 348 g/mol. The minimum atomic E-state index is -0.329. The molecule has 0 spiro atoms. The quantitative estimate of drug-likeness (QED) is 0.595. The van der Waals surface area contributed by atoms with Crippen LogP contribution in [0.5, 0.6) is 0 Å². The van der Waals surface area contributed by atoms with Crippen LogP contribution in [0.25, 0.3) is 5.70 Å². The number of hydrogen-bond acceptors (Lipinski definition) is 5. The van der Waals surface area contributed by atoms with Crippen LogP contribution in [0.3, 0.4) is 0 Å². The fourth-order valence-corrected chi connectivity index (χ4v) is 2.14. The summed E-state index contributed by atoms with van der Waals surface area (Å²) in [5.41, 5.74) is 7.70. The molecule has 1 aromatic carbocycles. The molecule has 0 fully saturated rings. The molecule has 3 rings (SSSR count). The summed E-state index contributed by atoms with van der Waals surface area (Å²) in [6, 6.07) is 13.4. The molecule has 0 aliphatic heterocycles. The van der Waals surface area contributed by atoms with Crippen LogP contribution in [0, 0.1) is 0 Å². The van der Waals surface area contributed by atoms with Crippen molar-refractivity contribution in [2.45, 2.75) is 0 Å². The molecule has 3 aromatic rings. The summed E-state index contributed by atoms with van der Waals surface area (Å²) in [5, 5.41) is 2.72. The highest BCUT2D eigenvalue weighted by Crippen LogP contribution is 2.15. The Morgan fingerprint density at radius 1 is 0.885 bits per heavy atom. The lowest BCUT2D eigenvalue weighted by Gasteiger charge is -2.12. The number of nitrogens with one attached hydrogen (secondary N) is 3. The van der Waals surface area contributed by atoms with Gasteiger partial charge in [-0.25, -0.2) is 0 Å². The highest BCUT2D eigenvalue weighted by Gasteiger charge is 2.09. The Bertz CT molecular complexity index is 904. The maximum atomic E-state index is 12.0. The van der Waals surface area contributed by atoms with Gasteiger partial charge in [-0.3, -0.25) is 25.4 Å². The summed E-state index contributed by atoms with van der Waals surface area (Å²) in [7, 11) is 0. The zero-order valence-electron chi connectivity index (χ0n) is 13.7. The number of furan rings is 1. The smallest absolute Gasteiger partial charge is 0.291 e. The molecule has 2 aromatic heterocycles. The van der Waals surface area contributed by atoms with Gasteiger partial charge in [-0.1, -0.05) is 18.7 Å². The molecule has 0 radical (unpaired) electrons. The average Bonchev–Trinajstić information content (AvgIpc) is 3.22. The second kappa shape index (κ2) is 7.80. The molecular formula is C19H16N4O3. The maximum absolute atomic E-state index is 12.0. The first-order valence-electron chi connectivity index (χ1n) is 7.74. The number of carbonyl (C=O) groups excluding carboxylic acids is 2. The number of hydrazine groups is 1. The number of anilines is 1. The molecule has 0 saturated heterocycles. The fourth-order valence-electron chi connectivity index (χ4n) is 2.14. The second-order valence-electron chi connectivity index (χ2n) is 5.30. The van der Waals surface area contributed by atoms with Gasteiger partial charge in [0.25, 0.3) is 11.8 Å². The molecule has 0 aliphatic carbocycles. The van der Waals surface area contributed by atoms with E-state index in [1.807, 2.05) is 0 Å². The lowest BCUT2D eigenvalue weighted by molar-refractivity contribution is 0.0941. The number of amides is 2. The van der Waals surface area contributed by atoms with E-state index in [1.165, 1.54) is 6.26 Å². The van der Waals surface area contributed by atoms with Gasteiger partial charge in [-0.05, 0) is 42.0 Å². The van der Waals surface area contributed by atoms with Gasteiger partial charge in [0.1, 0.15) is 0 Å². The minimum Gasteiger partial charge on any atom is -0.459 e. The summed E-state index contributed by atoms with van der Waals surface area (Å²) in [6.07, 6.45) is 4.52. The van der Waals surface area contributed by atoms with Crippen LogP contribution in [0.4, 0.5) is 5.69 Å². The Kier molecular flexibility index (Phi) is 5.09. The standard InChI is InChI=1S/C19H16N4O3/c1-13(22-23-18(24)15-8-10-20-11-9-15)14-4-6-16(7-5-14)21-19(25)17-3-2-12-26-17/h2-12,22H,1H2,(H,21,25)(H,23,24). The molecule has 7 nitrogen and oxygen atoms in total. The molecule has 2 heterocycles. The number of carbonyl (C=O) groups is 2. The van der Waals surface area contributed by atoms with E-state index in [9.17, 15) is 9.59 Å². The number of benzene rings is 1. The third kappa shape index (κ3) is 4.15. The Hall–Kier alpha value is -3.87. The van der Waals surface area contributed by atoms with Gasteiger partial charge in [0.05, 0.1) is 12.0 Å². The zero-order chi connectivity index (χ0) is 18.4. The third-order valence-corrected chi connectivity index (χ3v) is 3.51. The summed E-state index contributed by atoms with van der Waals surface area (Å²) in [5.74, 6) is -0.390. The van der Waals surface area contributed by atoms with Gasteiger partial charge < -0.3 is 9.73 Å². The highest BCUT2D eigenvalue weighted by molar-refractivity contribution is 6.02. The van der Waals surface area contributed by atoms with Gasteiger partial charge in [-0.15, -0.1) is 0 Å². The van der Waals surface area contributed by atoms with Crippen molar-refractivity contribution in [3.05, 3.63) is 90.7 Å². The molecule has 7 heteroatoms. The first-order valence-corrected chi connectivity index (χ1v) is 7.74. The van der Waals surface area contributed by atoms with Crippen LogP contribution in [-0.4, -0.2) is 16.8 Å². The largest absolute Gasteiger partial charge is 0.459 e. The highest BCUT2D eigenvalue weighted by atomic mass is 16.3. The Morgan fingerprint density at radius 3 is 2.27 bits per heavy atom. The van der Waals surface area contributed by atoms with Crippen molar-refractivity contribution >= 4 is 23.2 Å². The molecule has 130 valence electrons. The van der Waals surface area contributed by atoms with Crippen LogP contribution in [0.15, 0.2) is 78.2 Å². The molecule has 0 saturated carbocycles. The molecular weight excluding hydrogens is 332 g/mol. The normalized spacial score (nSPS) is 10.0. The summed E-state index contributed by atoms with van der Waals surface area (Å²) in [4.78, 5) is 27.8. The van der Waals surface area contributed by atoms with Crippen molar-refractivity contribution in [1.29, 1.82) is 0 Å². The van der Waals surface area contributed by atoms with Gasteiger partial charge in [0, 0.05) is 23.6 Å². The van der Waals surface area contributed by atoms with E-state index in [-0.39, 0.29) is 17.6 Å². The number of nitrogens with zero attached hydrogens (tertiary/aromatic N) is 1. The topological polar surface area (TPSA) is 96.3 Å². The van der Waals surface area contributed by atoms with Crippen molar-refractivity contribution in [3.63, 3.8) is 0 Å². The predicted molar refractivity (Wildman–Crippen MR) is 97.0 cm³/mol. The van der Waals surface area contributed by atoms with Crippen LogP contribution in [0.2, 0.25) is 0 Å². The van der Waals surface area contributed by atoms with Crippen LogP contribution in [0.1, 0.15) is 26.5 Å². The van der Waals surface area contributed by atoms with Gasteiger partial charge in [0.2, 0.25) is 0 Å². The van der Waals surface area contributed by atoms with Gasteiger partial charge in [0.15, 0.2) is 5.76 Å². The third-order valence-electron chi connectivity index (χ3n) is 3.51. The Morgan fingerprint density at radius 2 is 1.62 bits per heavy atom. The van der Waals surface area contributed by atoms with Crippen molar-refractivity contribution in [2.24, 2.45) is 0 Å². The lowest BCUT2D eigenvalue weighted by Crippen LogP contribution is -2.35. The SMILES string of the molecule is C=C(NNC(=O)c1ccncc1)c1ccc(NC(=O)c2ccco2)cc1. The first kappa shape index (κ1) is 17.0. The number of pyridine rings is 1. The van der Waals surface area contributed by atoms with E-state index in [2.05, 4.69) is 27.7 Å². The minimum absolute atomic E-state index is 0.235. The molecule has 0 atom stereocenters. The molecule has 0 bridgehead atoms. The van der Waals surface area contributed by atoms with Crippen molar-refractivity contribution in [2.75, 3.05) is 5.32 Å². The monoisotopic (exact) mass is 348 g/mol. The first-order chi connectivity index (χ1) is 12.6. The lowest BCUT2D eigenvalue weighted by atomic mass is 10.1. The Labute approximate surface area is 149 Å². The number of hydrogen-bond donors (Lipinski definition) is 3. The second-order valence-corrected chi connectivity index (χ2v) is 5.30. The summed E-state index contributed by atoms with van der Waals surface area (Å²) in [6.45, 7) is 3.88. The molecule has 2 amide bonds. The molecule has 0 aliphatic rings. The van der Waals surface area contributed by atoms with Gasteiger partial charge in [-0.2, -0.15) is 0 Å². The van der Waals surface area contributed by atoms with E-state index in [4.69, 9.17) is 4.42 Å². The van der Waals surface area contributed by atoms with Crippen molar-refractivity contribution in [1.82, 2.24) is 15.8 Å². The van der Waals surface area contributed by atoms with Crippen LogP contribution in [-0.2, 0) is 0 Å². The molecule has 3 N–H and O–H groups in total. The fraction of sp³-hybridized carbons (Fsp3) is 0. The zero-order valence-corrected chi connectivity index (χ0v) is 13.7. The van der Waals surface area contributed by atoms with E-state index in [0.717, 1.165) is 5.56 Å².